The number of hydrogen-bond donors (Lipinski definition) is 1. The summed E-state index contributed by atoms with van der Waals surface area (Å²) in [4.78, 5) is 0. The average Bonchev–Trinajstić information content (AvgIpc) is 3.04. The largest absolute Gasteiger partial charge is 0.280 e. The molecule has 0 saturated heterocycles. The van der Waals surface area contributed by atoms with Crippen molar-refractivity contribution < 1.29 is 0 Å². The molecule has 76 valence electrons. The number of aromatic nitrogens is 2. The number of benzene rings is 1. The molecule has 0 atom stereocenters. The Morgan fingerprint density at radius 3 is 2.60 bits per heavy atom. The summed E-state index contributed by atoms with van der Waals surface area (Å²) in [6.07, 6.45) is 2.57. The number of nitrogens with zero attached hydrogens (tertiary/aromatic N) is 1. The predicted molar refractivity (Wildman–Crippen MR) is 63.7 cm³/mol. The van der Waals surface area contributed by atoms with E-state index in [1.807, 2.05) is 18.2 Å². The van der Waals surface area contributed by atoms with Crippen molar-refractivity contribution in [2.24, 2.45) is 0 Å². The molecule has 1 aromatic carbocycles. The SMILES string of the molecule is Brc1c(-c2ccccc2)n[nH]c1C1CC1. The highest BCUT2D eigenvalue weighted by Crippen LogP contribution is 2.44. The Morgan fingerprint density at radius 2 is 1.93 bits per heavy atom. The molecule has 2 aromatic rings. The van der Waals surface area contributed by atoms with Gasteiger partial charge in [0.15, 0.2) is 0 Å². The fraction of sp³-hybridized carbons (Fsp3) is 0.250. The maximum Gasteiger partial charge on any atom is 0.107 e. The molecule has 0 spiro atoms. The third-order valence-electron chi connectivity index (χ3n) is 2.77. The van der Waals surface area contributed by atoms with Gasteiger partial charge in [-0.2, -0.15) is 5.10 Å². The van der Waals surface area contributed by atoms with Crippen molar-refractivity contribution in [3.63, 3.8) is 0 Å². The van der Waals surface area contributed by atoms with Crippen LogP contribution in [0.2, 0.25) is 0 Å². The third-order valence-corrected chi connectivity index (χ3v) is 3.57. The lowest BCUT2D eigenvalue weighted by Crippen LogP contribution is -1.78. The summed E-state index contributed by atoms with van der Waals surface area (Å²) in [5.74, 6) is 0.698. The van der Waals surface area contributed by atoms with Crippen LogP contribution in [0.4, 0.5) is 0 Å². The van der Waals surface area contributed by atoms with E-state index in [1.54, 1.807) is 0 Å². The summed E-state index contributed by atoms with van der Waals surface area (Å²) in [5, 5.41) is 7.51. The normalized spacial score (nSPS) is 15.5. The molecule has 3 heteroatoms. The number of aromatic amines is 1. The first-order chi connectivity index (χ1) is 7.36. The molecule has 0 amide bonds. The highest BCUT2D eigenvalue weighted by Gasteiger charge is 2.29. The van der Waals surface area contributed by atoms with Crippen molar-refractivity contribution in [3.8, 4) is 11.3 Å². The Hall–Kier alpha value is -1.09. The fourth-order valence-electron chi connectivity index (χ4n) is 1.77. The highest BCUT2D eigenvalue weighted by atomic mass is 79.9. The van der Waals surface area contributed by atoms with Gasteiger partial charge in [-0.25, -0.2) is 0 Å². The molecule has 1 heterocycles. The molecular formula is C12H11BrN2. The Labute approximate surface area is 96.8 Å². The Kier molecular flexibility index (Phi) is 2.13. The minimum absolute atomic E-state index is 0.698. The molecule has 1 aliphatic rings. The van der Waals surface area contributed by atoms with Gasteiger partial charge in [-0.1, -0.05) is 30.3 Å². The first-order valence-corrected chi connectivity index (χ1v) is 5.95. The van der Waals surface area contributed by atoms with Crippen LogP contribution in [0.1, 0.15) is 24.5 Å². The van der Waals surface area contributed by atoms with Crippen LogP contribution >= 0.6 is 15.9 Å². The van der Waals surface area contributed by atoms with Crippen LogP contribution in [-0.2, 0) is 0 Å². The van der Waals surface area contributed by atoms with Crippen LogP contribution in [0.15, 0.2) is 34.8 Å². The molecular weight excluding hydrogens is 252 g/mol. The molecule has 0 aliphatic heterocycles. The smallest absolute Gasteiger partial charge is 0.107 e. The first-order valence-electron chi connectivity index (χ1n) is 5.15. The number of hydrogen-bond acceptors (Lipinski definition) is 1. The monoisotopic (exact) mass is 262 g/mol. The van der Waals surface area contributed by atoms with Gasteiger partial charge < -0.3 is 0 Å². The molecule has 1 aromatic heterocycles. The molecule has 0 unspecified atom stereocenters. The third kappa shape index (κ3) is 1.61. The van der Waals surface area contributed by atoms with Gasteiger partial charge in [0, 0.05) is 11.5 Å². The summed E-state index contributed by atoms with van der Waals surface area (Å²) >= 11 is 3.63. The second kappa shape index (κ2) is 3.49. The summed E-state index contributed by atoms with van der Waals surface area (Å²) in [6.45, 7) is 0. The van der Waals surface area contributed by atoms with Gasteiger partial charge in [0.25, 0.3) is 0 Å². The van der Waals surface area contributed by atoms with Crippen molar-refractivity contribution >= 4 is 15.9 Å². The van der Waals surface area contributed by atoms with Gasteiger partial charge in [-0.05, 0) is 28.8 Å². The molecule has 1 fully saturated rings. The van der Waals surface area contributed by atoms with Crippen LogP contribution in [0, 0.1) is 0 Å². The Bertz CT molecular complexity index is 472. The lowest BCUT2D eigenvalue weighted by atomic mass is 10.1. The predicted octanol–water partition coefficient (Wildman–Crippen LogP) is 3.72. The van der Waals surface area contributed by atoms with Crippen LogP contribution in [0.3, 0.4) is 0 Å². The van der Waals surface area contributed by atoms with E-state index in [1.165, 1.54) is 18.5 Å². The van der Waals surface area contributed by atoms with E-state index in [-0.39, 0.29) is 0 Å². The fourth-order valence-corrected chi connectivity index (χ4v) is 2.50. The van der Waals surface area contributed by atoms with Crippen LogP contribution in [-0.4, -0.2) is 10.2 Å². The van der Waals surface area contributed by atoms with Crippen LogP contribution in [0.25, 0.3) is 11.3 Å². The highest BCUT2D eigenvalue weighted by molar-refractivity contribution is 9.10. The topological polar surface area (TPSA) is 28.7 Å². The van der Waals surface area contributed by atoms with Crippen molar-refractivity contribution in [1.82, 2.24) is 10.2 Å². The van der Waals surface area contributed by atoms with E-state index in [4.69, 9.17) is 0 Å². The maximum absolute atomic E-state index is 4.38. The minimum atomic E-state index is 0.698. The Morgan fingerprint density at radius 1 is 1.20 bits per heavy atom. The second-order valence-electron chi connectivity index (χ2n) is 3.94. The zero-order valence-electron chi connectivity index (χ0n) is 8.20. The van der Waals surface area contributed by atoms with Gasteiger partial charge in [0.1, 0.15) is 5.69 Å². The van der Waals surface area contributed by atoms with Crippen molar-refractivity contribution in [1.29, 1.82) is 0 Å². The number of nitrogens with one attached hydrogen (secondary N) is 1. The first kappa shape index (κ1) is 9.16. The van der Waals surface area contributed by atoms with E-state index in [0.29, 0.717) is 5.92 Å². The molecule has 0 bridgehead atoms. The van der Waals surface area contributed by atoms with Gasteiger partial charge in [0.05, 0.1) is 10.2 Å². The summed E-state index contributed by atoms with van der Waals surface area (Å²) in [6, 6.07) is 10.3. The zero-order valence-corrected chi connectivity index (χ0v) is 9.79. The second-order valence-corrected chi connectivity index (χ2v) is 4.73. The molecule has 15 heavy (non-hydrogen) atoms. The number of H-pyrrole nitrogens is 1. The molecule has 1 aliphatic carbocycles. The van der Waals surface area contributed by atoms with Gasteiger partial charge in [-0.3, -0.25) is 5.10 Å². The average molecular weight is 263 g/mol. The van der Waals surface area contributed by atoms with Gasteiger partial charge in [-0.15, -0.1) is 0 Å². The molecule has 0 radical (unpaired) electrons. The lowest BCUT2D eigenvalue weighted by molar-refractivity contribution is 0.963. The summed E-state index contributed by atoms with van der Waals surface area (Å²) in [5.41, 5.74) is 3.44. The molecule has 3 rings (SSSR count). The standard InChI is InChI=1S/C12H11BrN2/c13-10-11(8-4-2-1-3-5-8)14-15-12(10)9-6-7-9/h1-5,9H,6-7H2,(H,14,15). The van der Waals surface area contributed by atoms with E-state index in [9.17, 15) is 0 Å². The molecule has 1 N–H and O–H groups in total. The summed E-state index contributed by atoms with van der Waals surface area (Å²) in [7, 11) is 0. The Balaban J connectivity index is 2.05. The minimum Gasteiger partial charge on any atom is -0.280 e. The van der Waals surface area contributed by atoms with Crippen LogP contribution < -0.4 is 0 Å². The van der Waals surface area contributed by atoms with E-state index >= 15 is 0 Å². The van der Waals surface area contributed by atoms with Gasteiger partial charge >= 0.3 is 0 Å². The molecule has 2 nitrogen and oxygen atoms in total. The quantitative estimate of drug-likeness (QED) is 0.878. The maximum atomic E-state index is 4.38. The van der Waals surface area contributed by atoms with Gasteiger partial charge in [0.2, 0.25) is 0 Å². The van der Waals surface area contributed by atoms with Crippen LogP contribution in [0.5, 0.6) is 0 Å². The van der Waals surface area contributed by atoms with Crippen molar-refractivity contribution in [3.05, 3.63) is 40.5 Å². The van der Waals surface area contributed by atoms with E-state index in [0.717, 1.165) is 15.7 Å². The zero-order chi connectivity index (χ0) is 10.3. The van der Waals surface area contributed by atoms with Crippen molar-refractivity contribution in [2.75, 3.05) is 0 Å². The molecule has 1 saturated carbocycles. The van der Waals surface area contributed by atoms with Crippen molar-refractivity contribution in [2.45, 2.75) is 18.8 Å². The lowest BCUT2D eigenvalue weighted by Gasteiger charge is -1.97. The number of halogens is 1. The van der Waals surface area contributed by atoms with E-state index < -0.39 is 0 Å². The van der Waals surface area contributed by atoms with E-state index in [2.05, 4.69) is 38.3 Å². The number of rotatable bonds is 2. The summed E-state index contributed by atoms with van der Waals surface area (Å²) < 4.78 is 1.14.